The quantitative estimate of drug-likeness (QED) is 0.607. The van der Waals surface area contributed by atoms with E-state index in [0.717, 1.165) is 5.56 Å². The minimum Gasteiger partial charge on any atom is -0.340 e. The van der Waals surface area contributed by atoms with Crippen LogP contribution in [0.4, 0.5) is 0 Å². The highest BCUT2D eigenvalue weighted by atomic mass is 16.2. The first kappa shape index (κ1) is 11.7. The third-order valence-corrected chi connectivity index (χ3v) is 2.01. The van der Waals surface area contributed by atoms with Crippen molar-refractivity contribution in [2.24, 2.45) is 11.5 Å². The van der Waals surface area contributed by atoms with Gasteiger partial charge in [0.2, 0.25) is 5.91 Å². The Bertz CT molecular complexity index is 311. The van der Waals surface area contributed by atoms with Gasteiger partial charge in [-0.15, -0.1) is 0 Å². The summed E-state index contributed by atoms with van der Waals surface area (Å²) >= 11 is 0. The minimum absolute atomic E-state index is 0.214. The smallest absolute Gasteiger partial charge is 0.238 e. The molecule has 0 saturated heterocycles. The molecule has 0 heterocycles. The van der Waals surface area contributed by atoms with Gasteiger partial charge in [-0.3, -0.25) is 4.79 Å². The lowest BCUT2D eigenvalue weighted by molar-refractivity contribution is -0.122. The van der Waals surface area contributed by atoms with Crippen molar-refractivity contribution >= 4 is 5.91 Å². The van der Waals surface area contributed by atoms with E-state index in [1.807, 2.05) is 30.3 Å². The van der Waals surface area contributed by atoms with Crippen LogP contribution in [-0.2, 0) is 11.2 Å². The van der Waals surface area contributed by atoms with Gasteiger partial charge < -0.3 is 16.8 Å². The third-order valence-electron chi connectivity index (χ3n) is 2.01. The lowest BCUT2D eigenvalue weighted by Gasteiger charge is -2.14. The molecule has 1 rings (SSSR count). The Hall–Kier alpha value is -1.39. The maximum Gasteiger partial charge on any atom is 0.238 e. The number of nitrogens with one attached hydrogen (secondary N) is 1. The summed E-state index contributed by atoms with van der Waals surface area (Å²) in [4.78, 5) is 11.4. The van der Waals surface area contributed by atoms with Crippen LogP contribution in [0, 0.1) is 0 Å². The molecule has 0 saturated carbocycles. The van der Waals surface area contributed by atoms with Crippen LogP contribution in [0.2, 0.25) is 0 Å². The molecule has 0 bridgehead atoms. The summed E-state index contributed by atoms with van der Waals surface area (Å²) < 4.78 is 0. The first-order chi connectivity index (χ1) is 7.09. The van der Waals surface area contributed by atoms with Crippen LogP contribution in [0.3, 0.4) is 0 Å². The molecule has 2 unspecified atom stereocenters. The molecule has 0 aromatic heterocycles. The van der Waals surface area contributed by atoms with Crippen molar-refractivity contribution in [1.82, 2.24) is 5.32 Å². The zero-order chi connectivity index (χ0) is 11.3. The molecule has 4 nitrogen and oxygen atoms in total. The van der Waals surface area contributed by atoms with Crippen LogP contribution in [0.15, 0.2) is 30.3 Å². The monoisotopic (exact) mass is 207 g/mol. The highest BCUT2D eigenvalue weighted by molar-refractivity contribution is 5.81. The molecule has 0 spiro atoms. The number of carbonyl (C=O) groups excluding carboxylic acids is 1. The average Bonchev–Trinajstić information content (AvgIpc) is 2.18. The molecule has 15 heavy (non-hydrogen) atoms. The van der Waals surface area contributed by atoms with Crippen molar-refractivity contribution < 1.29 is 4.79 Å². The van der Waals surface area contributed by atoms with Crippen LogP contribution in [0.25, 0.3) is 0 Å². The van der Waals surface area contributed by atoms with Crippen molar-refractivity contribution in [3.8, 4) is 0 Å². The van der Waals surface area contributed by atoms with Crippen LogP contribution < -0.4 is 16.8 Å². The van der Waals surface area contributed by atoms with Crippen LogP contribution in [0.1, 0.15) is 12.5 Å². The second-order valence-electron chi connectivity index (χ2n) is 3.59. The molecule has 0 aliphatic carbocycles. The number of rotatable bonds is 4. The van der Waals surface area contributed by atoms with Gasteiger partial charge in [0.05, 0.1) is 12.2 Å². The Morgan fingerprint density at radius 1 is 1.33 bits per heavy atom. The number of amides is 1. The van der Waals surface area contributed by atoms with E-state index >= 15 is 0 Å². The van der Waals surface area contributed by atoms with E-state index in [1.54, 1.807) is 6.92 Å². The maximum atomic E-state index is 11.4. The molecule has 1 amide bonds. The van der Waals surface area contributed by atoms with Gasteiger partial charge >= 0.3 is 0 Å². The molecule has 5 N–H and O–H groups in total. The second kappa shape index (κ2) is 5.48. The van der Waals surface area contributed by atoms with Gasteiger partial charge in [-0.1, -0.05) is 30.3 Å². The predicted molar refractivity (Wildman–Crippen MR) is 59.9 cm³/mol. The van der Waals surface area contributed by atoms with E-state index in [1.165, 1.54) is 0 Å². The Labute approximate surface area is 89.6 Å². The molecule has 82 valence electrons. The van der Waals surface area contributed by atoms with Gasteiger partial charge in [0.15, 0.2) is 0 Å². The fraction of sp³-hybridized carbons (Fsp3) is 0.364. The van der Waals surface area contributed by atoms with Gasteiger partial charge in [0.1, 0.15) is 0 Å². The standard InChI is InChI=1S/C11H17N3O/c1-8(12)14-11(15)10(13)7-9-5-3-2-4-6-9/h2-6,8,10H,7,12-13H2,1H3,(H,14,15). The lowest BCUT2D eigenvalue weighted by Crippen LogP contribution is -2.48. The average molecular weight is 207 g/mol. The molecule has 0 fully saturated rings. The number of benzene rings is 1. The predicted octanol–water partition coefficient (Wildman–Crippen LogP) is -0.0227. The Morgan fingerprint density at radius 2 is 1.93 bits per heavy atom. The maximum absolute atomic E-state index is 11.4. The van der Waals surface area contributed by atoms with Crippen LogP contribution in [0.5, 0.6) is 0 Å². The first-order valence-electron chi connectivity index (χ1n) is 4.95. The fourth-order valence-electron chi connectivity index (χ4n) is 1.29. The molecule has 1 aromatic rings. The summed E-state index contributed by atoms with van der Waals surface area (Å²) in [5.74, 6) is -0.214. The Balaban J connectivity index is 2.49. The molecular weight excluding hydrogens is 190 g/mol. The molecule has 0 aliphatic heterocycles. The highest BCUT2D eigenvalue weighted by Gasteiger charge is 2.14. The molecule has 0 radical (unpaired) electrons. The largest absolute Gasteiger partial charge is 0.340 e. The number of carbonyl (C=O) groups is 1. The second-order valence-corrected chi connectivity index (χ2v) is 3.59. The van der Waals surface area contributed by atoms with Gasteiger partial charge in [0, 0.05) is 0 Å². The summed E-state index contributed by atoms with van der Waals surface area (Å²) in [7, 11) is 0. The van der Waals surface area contributed by atoms with E-state index < -0.39 is 6.04 Å². The first-order valence-corrected chi connectivity index (χ1v) is 4.95. The van der Waals surface area contributed by atoms with Crippen LogP contribution >= 0.6 is 0 Å². The van der Waals surface area contributed by atoms with Crippen molar-refractivity contribution in [3.63, 3.8) is 0 Å². The summed E-state index contributed by atoms with van der Waals surface area (Å²) in [6.07, 6.45) is 0.165. The van der Waals surface area contributed by atoms with E-state index in [4.69, 9.17) is 11.5 Å². The lowest BCUT2D eigenvalue weighted by atomic mass is 10.1. The van der Waals surface area contributed by atoms with Gasteiger partial charge in [-0.2, -0.15) is 0 Å². The summed E-state index contributed by atoms with van der Waals surface area (Å²) in [5.41, 5.74) is 12.2. The van der Waals surface area contributed by atoms with Gasteiger partial charge in [-0.25, -0.2) is 0 Å². The molecule has 2 atom stereocenters. The fourth-order valence-corrected chi connectivity index (χ4v) is 1.29. The third kappa shape index (κ3) is 4.10. The molecule has 4 heteroatoms. The number of hydrogen-bond acceptors (Lipinski definition) is 3. The summed E-state index contributed by atoms with van der Waals surface area (Å²) in [6.45, 7) is 1.70. The summed E-state index contributed by atoms with van der Waals surface area (Å²) in [5, 5.41) is 2.58. The van der Waals surface area contributed by atoms with Crippen molar-refractivity contribution in [3.05, 3.63) is 35.9 Å². The normalized spacial score (nSPS) is 14.3. The Morgan fingerprint density at radius 3 is 2.47 bits per heavy atom. The minimum atomic E-state index is -0.543. The number of hydrogen-bond donors (Lipinski definition) is 3. The molecular formula is C11H17N3O. The SMILES string of the molecule is CC(N)NC(=O)C(N)Cc1ccccc1. The molecule has 1 aromatic carbocycles. The van der Waals surface area contributed by atoms with Crippen molar-refractivity contribution in [2.45, 2.75) is 25.6 Å². The van der Waals surface area contributed by atoms with Gasteiger partial charge in [-0.05, 0) is 18.9 Å². The zero-order valence-corrected chi connectivity index (χ0v) is 8.81. The van der Waals surface area contributed by atoms with Gasteiger partial charge in [0.25, 0.3) is 0 Å². The van der Waals surface area contributed by atoms with Crippen molar-refractivity contribution in [1.29, 1.82) is 0 Å². The number of nitrogens with two attached hydrogens (primary N) is 2. The van der Waals surface area contributed by atoms with Crippen molar-refractivity contribution in [2.75, 3.05) is 0 Å². The van der Waals surface area contributed by atoms with E-state index in [2.05, 4.69) is 5.32 Å². The topological polar surface area (TPSA) is 81.1 Å². The molecule has 0 aliphatic rings. The summed E-state index contributed by atoms with van der Waals surface area (Å²) in [6, 6.07) is 9.12. The Kier molecular flexibility index (Phi) is 4.27. The van der Waals surface area contributed by atoms with E-state index in [-0.39, 0.29) is 12.1 Å². The van der Waals surface area contributed by atoms with Crippen LogP contribution in [-0.4, -0.2) is 18.1 Å². The van der Waals surface area contributed by atoms with E-state index in [9.17, 15) is 4.79 Å². The zero-order valence-electron chi connectivity index (χ0n) is 8.81. The van der Waals surface area contributed by atoms with E-state index in [0.29, 0.717) is 6.42 Å². The highest BCUT2D eigenvalue weighted by Crippen LogP contribution is 2.01.